The number of aliphatic imine (C=N–C) groups is 2. The standard InChI is InChI=1S/C14H21FN6/c1-10-7-11(15)9-12(8-10)18-13(16)19-14(17)21-5-3-20(2)4-6-21/h7-9H,3-6H2,1-2H3,(H4,16,17,18,19). The van der Waals surface area contributed by atoms with Gasteiger partial charge in [0, 0.05) is 26.2 Å². The van der Waals surface area contributed by atoms with Gasteiger partial charge < -0.3 is 21.3 Å². The highest BCUT2D eigenvalue weighted by molar-refractivity contribution is 5.94. The summed E-state index contributed by atoms with van der Waals surface area (Å²) in [7, 11) is 2.06. The van der Waals surface area contributed by atoms with Crippen LogP contribution in [0, 0.1) is 12.7 Å². The van der Waals surface area contributed by atoms with Gasteiger partial charge in [-0.15, -0.1) is 0 Å². The van der Waals surface area contributed by atoms with Gasteiger partial charge in [-0.3, -0.25) is 0 Å². The monoisotopic (exact) mass is 292 g/mol. The van der Waals surface area contributed by atoms with E-state index >= 15 is 0 Å². The molecule has 0 bridgehead atoms. The van der Waals surface area contributed by atoms with Crippen molar-refractivity contribution in [3.8, 4) is 0 Å². The van der Waals surface area contributed by atoms with Crippen molar-refractivity contribution in [3.05, 3.63) is 29.6 Å². The summed E-state index contributed by atoms with van der Waals surface area (Å²) in [5.41, 5.74) is 12.9. The maximum absolute atomic E-state index is 13.3. The number of guanidine groups is 2. The molecule has 7 heteroatoms. The Labute approximate surface area is 124 Å². The van der Waals surface area contributed by atoms with E-state index in [9.17, 15) is 4.39 Å². The molecule has 6 nitrogen and oxygen atoms in total. The van der Waals surface area contributed by atoms with Gasteiger partial charge in [-0.1, -0.05) is 0 Å². The number of nitrogens with two attached hydrogens (primary N) is 2. The molecular formula is C14H21FN6. The average molecular weight is 292 g/mol. The fourth-order valence-electron chi connectivity index (χ4n) is 2.16. The molecule has 0 unspecified atom stereocenters. The van der Waals surface area contributed by atoms with Gasteiger partial charge in [0.05, 0.1) is 5.69 Å². The number of nitrogens with zero attached hydrogens (tertiary/aromatic N) is 4. The van der Waals surface area contributed by atoms with E-state index in [0.29, 0.717) is 11.6 Å². The fourth-order valence-corrected chi connectivity index (χ4v) is 2.16. The summed E-state index contributed by atoms with van der Waals surface area (Å²) in [6.07, 6.45) is 0. The molecule has 1 aliphatic heterocycles. The van der Waals surface area contributed by atoms with E-state index in [4.69, 9.17) is 11.5 Å². The third kappa shape index (κ3) is 4.42. The highest BCUT2D eigenvalue weighted by Gasteiger charge is 2.15. The molecule has 0 amide bonds. The maximum Gasteiger partial charge on any atom is 0.223 e. The largest absolute Gasteiger partial charge is 0.369 e. The van der Waals surface area contributed by atoms with Gasteiger partial charge in [-0.05, 0) is 37.7 Å². The Hall–Kier alpha value is -2.15. The lowest BCUT2D eigenvalue weighted by Crippen LogP contribution is -2.50. The number of likely N-dealkylation sites (N-methyl/N-ethyl adjacent to an activating group) is 1. The van der Waals surface area contributed by atoms with Crippen molar-refractivity contribution in [2.45, 2.75) is 6.92 Å². The van der Waals surface area contributed by atoms with Crippen molar-refractivity contribution >= 4 is 17.6 Å². The molecule has 1 fully saturated rings. The Morgan fingerprint density at radius 2 is 1.81 bits per heavy atom. The molecule has 1 aliphatic rings. The Morgan fingerprint density at radius 1 is 1.14 bits per heavy atom. The van der Waals surface area contributed by atoms with E-state index in [-0.39, 0.29) is 11.8 Å². The van der Waals surface area contributed by atoms with Crippen molar-refractivity contribution in [2.24, 2.45) is 21.5 Å². The zero-order valence-electron chi connectivity index (χ0n) is 12.4. The number of piperazine rings is 1. The SMILES string of the molecule is Cc1cc(F)cc(N=C(N)N=C(N)N2CCN(C)CC2)c1. The Morgan fingerprint density at radius 3 is 2.43 bits per heavy atom. The maximum atomic E-state index is 13.3. The first-order valence-corrected chi connectivity index (χ1v) is 6.83. The first kappa shape index (κ1) is 15.2. The van der Waals surface area contributed by atoms with Gasteiger partial charge in [0.1, 0.15) is 5.82 Å². The summed E-state index contributed by atoms with van der Waals surface area (Å²) < 4.78 is 13.3. The molecule has 2 rings (SSSR count). The molecule has 1 saturated heterocycles. The Kier molecular flexibility index (Phi) is 4.74. The highest BCUT2D eigenvalue weighted by Crippen LogP contribution is 2.16. The van der Waals surface area contributed by atoms with Gasteiger partial charge in [-0.25, -0.2) is 9.38 Å². The Balaban J connectivity index is 2.09. The Bertz CT molecular complexity index is 540. The fraction of sp³-hybridized carbons (Fsp3) is 0.429. The van der Waals surface area contributed by atoms with E-state index in [1.54, 1.807) is 13.0 Å². The third-order valence-corrected chi connectivity index (χ3v) is 3.33. The van der Waals surface area contributed by atoms with E-state index in [1.807, 2.05) is 4.90 Å². The molecule has 0 aliphatic carbocycles. The van der Waals surface area contributed by atoms with Crippen LogP contribution in [0.2, 0.25) is 0 Å². The topological polar surface area (TPSA) is 83.2 Å². The summed E-state index contributed by atoms with van der Waals surface area (Å²) >= 11 is 0. The summed E-state index contributed by atoms with van der Waals surface area (Å²) in [4.78, 5) is 12.3. The normalized spacial score (nSPS) is 18.1. The first-order chi connectivity index (χ1) is 9.94. The predicted octanol–water partition coefficient (Wildman–Crippen LogP) is 0.642. The van der Waals surface area contributed by atoms with Crippen LogP contribution in [0.5, 0.6) is 0 Å². The number of halogens is 1. The van der Waals surface area contributed by atoms with Crippen LogP contribution in [0.4, 0.5) is 10.1 Å². The van der Waals surface area contributed by atoms with Gasteiger partial charge in [-0.2, -0.15) is 4.99 Å². The molecule has 0 saturated carbocycles. The summed E-state index contributed by atoms with van der Waals surface area (Å²) in [6.45, 7) is 5.25. The van der Waals surface area contributed by atoms with Crippen LogP contribution in [-0.4, -0.2) is 54.9 Å². The molecule has 1 aromatic carbocycles. The number of benzene rings is 1. The minimum Gasteiger partial charge on any atom is -0.369 e. The number of hydrogen-bond donors (Lipinski definition) is 2. The van der Waals surface area contributed by atoms with Crippen LogP contribution >= 0.6 is 0 Å². The van der Waals surface area contributed by atoms with Crippen LogP contribution in [0.3, 0.4) is 0 Å². The lowest BCUT2D eigenvalue weighted by atomic mass is 10.2. The van der Waals surface area contributed by atoms with Crippen molar-refractivity contribution in [1.82, 2.24) is 9.80 Å². The minimum absolute atomic E-state index is 0.0245. The van der Waals surface area contributed by atoms with E-state index in [0.717, 1.165) is 31.7 Å². The van der Waals surface area contributed by atoms with Crippen molar-refractivity contribution < 1.29 is 4.39 Å². The van der Waals surface area contributed by atoms with Gasteiger partial charge >= 0.3 is 0 Å². The first-order valence-electron chi connectivity index (χ1n) is 6.83. The quantitative estimate of drug-likeness (QED) is 0.588. The van der Waals surface area contributed by atoms with Crippen molar-refractivity contribution in [2.75, 3.05) is 33.2 Å². The number of hydrogen-bond acceptors (Lipinski definition) is 2. The summed E-state index contributed by atoms with van der Waals surface area (Å²) in [5, 5.41) is 0. The van der Waals surface area contributed by atoms with Gasteiger partial charge in [0.2, 0.25) is 5.96 Å². The zero-order chi connectivity index (χ0) is 15.4. The zero-order valence-corrected chi connectivity index (χ0v) is 12.4. The average Bonchev–Trinajstić information content (AvgIpc) is 2.37. The van der Waals surface area contributed by atoms with Crippen LogP contribution in [0.1, 0.15) is 5.56 Å². The van der Waals surface area contributed by atoms with E-state index in [2.05, 4.69) is 21.9 Å². The van der Waals surface area contributed by atoms with Crippen LogP contribution < -0.4 is 11.5 Å². The molecular weight excluding hydrogens is 271 g/mol. The number of aryl methyl sites for hydroxylation is 1. The second-order valence-corrected chi connectivity index (χ2v) is 5.22. The minimum atomic E-state index is -0.349. The summed E-state index contributed by atoms with van der Waals surface area (Å²) in [6, 6.07) is 4.47. The second kappa shape index (κ2) is 6.53. The molecule has 4 N–H and O–H groups in total. The molecule has 0 aromatic heterocycles. The highest BCUT2D eigenvalue weighted by atomic mass is 19.1. The second-order valence-electron chi connectivity index (χ2n) is 5.22. The molecule has 1 aromatic rings. The molecule has 0 atom stereocenters. The van der Waals surface area contributed by atoms with Gasteiger partial charge in [0.15, 0.2) is 5.96 Å². The molecule has 0 radical (unpaired) electrons. The van der Waals surface area contributed by atoms with Gasteiger partial charge in [0.25, 0.3) is 0 Å². The van der Waals surface area contributed by atoms with Crippen LogP contribution in [-0.2, 0) is 0 Å². The van der Waals surface area contributed by atoms with Crippen LogP contribution in [0.15, 0.2) is 28.2 Å². The number of rotatable bonds is 1. The third-order valence-electron chi connectivity index (χ3n) is 3.33. The van der Waals surface area contributed by atoms with Crippen molar-refractivity contribution in [3.63, 3.8) is 0 Å². The predicted molar refractivity (Wildman–Crippen MR) is 83.1 cm³/mol. The molecule has 1 heterocycles. The molecule has 114 valence electrons. The van der Waals surface area contributed by atoms with Crippen LogP contribution in [0.25, 0.3) is 0 Å². The summed E-state index contributed by atoms with van der Waals surface area (Å²) in [5.74, 6) is 0.0199. The molecule has 0 spiro atoms. The lowest BCUT2D eigenvalue weighted by Gasteiger charge is -2.32. The lowest BCUT2D eigenvalue weighted by molar-refractivity contribution is 0.214. The van der Waals surface area contributed by atoms with Crippen molar-refractivity contribution in [1.29, 1.82) is 0 Å². The smallest absolute Gasteiger partial charge is 0.223 e. The van der Waals surface area contributed by atoms with E-state index in [1.165, 1.54) is 12.1 Å². The molecule has 21 heavy (non-hydrogen) atoms. The van der Waals surface area contributed by atoms with E-state index < -0.39 is 0 Å².